The predicted octanol–water partition coefficient (Wildman–Crippen LogP) is 3.11. The summed E-state index contributed by atoms with van der Waals surface area (Å²) in [7, 11) is 0. The molecule has 2 aromatic rings. The second-order valence-electron chi connectivity index (χ2n) is 6.44. The minimum atomic E-state index is -0.187. The van der Waals surface area contributed by atoms with Crippen molar-refractivity contribution in [1.82, 2.24) is 14.5 Å². The molecule has 0 spiro atoms. The first-order chi connectivity index (χ1) is 13.2. The third kappa shape index (κ3) is 3.30. The fourth-order valence-electron chi connectivity index (χ4n) is 3.66. The van der Waals surface area contributed by atoms with Crippen molar-refractivity contribution in [2.24, 2.45) is 10.2 Å². The topological polar surface area (TPSA) is 148 Å². The van der Waals surface area contributed by atoms with Gasteiger partial charge >= 0.3 is 0 Å². The Kier molecular flexibility index (Phi) is 4.39. The number of fused-ring (bicyclic) bond motifs is 3. The Labute approximate surface area is 153 Å². The molecule has 27 heavy (non-hydrogen) atoms. The van der Waals surface area contributed by atoms with Crippen LogP contribution in [-0.2, 0) is 26.1 Å². The highest BCUT2D eigenvalue weighted by atomic mass is 16.1. The number of rotatable bonds is 4. The Bertz CT molecular complexity index is 1030. The molecule has 1 aromatic heterocycles. The monoisotopic (exact) mass is 364 g/mol. The van der Waals surface area contributed by atoms with Gasteiger partial charge in [0.15, 0.2) is 0 Å². The lowest BCUT2D eigenvalue weighted by Crippen LogP contribution is -2.36. The van der Waals surface area contributed by atoms with Gasteiger partial charge in [-0.25, -0.2) is 0 Å². The highest BCUT2D eigenvalue weighted by Gasteiger charge is 2.25. The zero-order chi connectivity index (χ0) is 18.8. The van der Waals surface area contributed by atoms with Crippen LogP contribution in [0.2, 0.25) is 0 Å². The van der Waals surface area contributed by atoms with E-state index in [-0.39, 0.29) is 5.56 Å². The van der Waals surface area contributed by atoms with E-state index in [0.29, 0.717) is 30.4 Å². The van der Waals surface area contributed by atoms with E-state index in [1.165, 1.54) is 6.07 Å². The molecule has 0 unspecified atom stereocenters. The van der Waals surface area contributed by atoms with Gasteiger partial charge in [0.25, 0.3) is 5.56 Å². The molecule has 2 aliphatic rings. The van der Waals surface area contributed by atoms with Crippen LogP contribution < -0.4 is 10.9 Å². The summed E-state index contributed by atoms with van der Waals surface area (Å²) < 4.78 is 2.09. The van der Waals surface area contributed by atoms with Crippen LogP contribution in [0.25, 0.3) is 20.9 Å². The Balaban J connectivity index is 1.61. The molecule has 3 heterocycles. The Morgan fingerprint density at radius 3 is 2.59 bits per heavy atom. The maximum absolute atomic E-state index is 12.4. The van der Waals surface area contributed by atoms with E-state index < -0.39 is 0 Å². The molecule has 0 radical (unpaired) electrons. The second kappa shape index (κ2) is 7.00. The summed E-state index contributed by atoms with van der Waals surface area (Å²) in [6.45, 7) is 3.46. The van der Waals surface area contributed by atoms with Crippen molar-refractivity contribution in [3.05, 3.63) is 66.3 Å². The van der Waals surface area contributed by atoms with Gasteiger partial charge in [0.1, 0.15) is 0 Å². The summed E-state index contributed by atoms with van der Waals surface area (Å²) >= 11 is 0. The molecule has 0 saturated carbocycles. The van der Waals surface area contributed by atoms with Crippen LogP contribution in [0.3, 0.4) is 0 Å². The van der Waals surface area contributed by atoms with Crippen molar-refractivity contribution in [1.29, 1.82) is 0 Å². The number of nitrogens with one attached hydrogen (secondary N) is 1. The van der Waals surface area contributed by atoms with Gasteiger partial charge < -0.3 is 9.88 Å². The van der Waals surface area contributed by atoms with Crippen LogP contribution in [0.4, 0.5) is 17.3 Å². The van der Waals surface area contributed by atoms with E-state index in [1.54, 1.807) is 12.1 Å². The van der Waals surface area contributed by atoms with Gasteiger partial charge in [0.05, 0.1) is 5.56 Å². The van der Waals surface area contributed by atoms with Gasteiger partial charge in [-0.2, -0.15) is 4.98 Å². The molecule has 2 aliphatic heterocycles. The van der Waals surface area contributed by atoms with E-state index in [1.807, 2.05) is 0 Å². The Hall–Kier alpha value is -3.52. The first-order valence-electron chi connectivity index (χ1n) is 8.51. The van der Waals surface area contributed by atoms with Crippen LogP contribution >= 0.6 is 0 Å². The minimum Gasteiger partial charge on any atom is -0.354 e. The smallest absolute Gasteiger partial charge is 0.279 e. The van der Waals surface area contributed by atoms with Gasteiger partial charge in [-0.1, -0.05) is 10.2 Å². The molecule has 4 rings (SSSR count). The number of anilines is 1. The fourth-order valence-corrected chi connectivity index (χ4v) is 3.66. The number of benzene rings is 1. The third-order valence-corrected chi connectivity index (χ3v) is 4.75. The van der Waals surface area contributed by atoms with Crippen molar-refractivity contribution in [2.75, 3.05) is 18.4 Å². The lowest BCUT2D eigenvalue weighted by Gasteiger charge is -2.29. The van der Waals surface area contributed by atoms with Gasteiger partial charge in [0.2, 0.25) is 5.95 Å². The average molecular weight is 364 g/mol. The van der Waals surface area contributed by atoms with E-state index >= 15 is 0 Å². The minimum absolute atomic E-state index is 0.187. The van der Waals surface area contributed by atoms with Crippen LogP contribution in [0, 0.1) is 0 Å². The zero-order valence-corrected chi connectivity index (χ0v) is 14.4. The molecular formula is C16H16N10O. The Morgan fingerprint density at radius 2 is 1.89 bits per heavy atom. The standard InChI is InChI=1S/C16H16N10O/c17-23-21-11-5-10(6-12(7-11)22-24-18)8-25-3-1-14-13(9-25)15(27)20-16-19-2-4-26(14)16/h5-7H,1-4,8-9H2,(H,19,20,27). The predicted molar refractivity (Wildman–Crippen MR) is 98.9 cm³/mol. The summed E-state index contributed by atoms with van der Waals surface area (Å²) in [5.74, 6) is 0.660. The lowest BCUT2D eigenvalue weighted by molar-refractivity contribution is 0.239. The summed E-state index contributed by atoms with van der Waals surface area (Å²) in [5, 5.41) is 10.3. The quantitative estimate of drug-likeness (QED) is 0.504. The fraction of sp³-hybridized carbons (Fsp3) is 0.375. The van der Waals surface area contributed by atoms with Crippen molar-refractivity contribution in [2.45, 2.75) is 26.1 Å². The molecule has 0 saturated heterocycles. The molecule has 0 amide bonds. The summed E-state index contributed by atoms with van der Waals surface area (Å²) in [6.07, 6.45) is 0.765. The molecule has 1 N–H and O–H groups in total. The van der Waals surface area contributed by atoms with Crippen LogP contribution in [0.15, 0.2) is 33.2 Å². The van der Waals surface area contributed by atoms with E-state index in [2.05, 4.69) is 39.8 Å². The third-order valence-electron chi connectivity index (χ3n) is 4.75. The largest absolute Gasteiger partial charge is 0.354 e. The van der Waals surface area contributed by atoms with Crippen molar-refractivity contribution in [3.8, 4) is 0 Å². The Morgan fingerprint density at radius 1 is 1.15 bits per heavy atom. The molecule has 1 aromatic carbocycles. The second-order valence-corrected chi connectivity index (χ2v) is 6.44. The maximum atomic E-state index is 12.4. The van der Waals surface area contributed by atoms with E-state index in [4.69, 9.17) is 11.1 Å². The molecule has 0 atom stereocenters. The van der Waals surface area contributed by atoms with Gasteiger partial charge in [-0.3, -0.25) is 9.69 Å². The van der Waals surface area contributed by atoms with Crippen molar-refractivity contribution in [3.63, 3.8) is 0 Å². The van der Waals surface area contributed by atoms with Gasteiger partial charge in [-0.05, 0) is 34.8 Å². The van der Waals surface area contributed by atoms with Crippen LogP contribution in [-0.4, -0.2) is 27.5 Å². The van der Waals surface area contributed by atoms with Crippen LogP contribution in [0.5, 0.6) is 0 Å². The SMILES string of the molecule is [N-]=[N+]=Nc1cc(CN2CCc3c(c(=O)nc4n3CCN4)C2)cc(N=[N+]=[N-])c1. The summed E-state index contributed by atoms with van der Waals surface area (Å²) in [4.78, 5) is 24.3. The number of hydrogen-bond donors (Lipinski definition) is 1. The highest BCUT2D eigenvalue weighted by Crippen LogP contribution is 2.27. The maximum Gasteiger partial charge on any atom is 0.279 e. The number of nitrogens with zero attached hydrogens (tertiary/aromatic N) is 9. The molecule has 11 nitrogen and oxygen atoms in total. The van der Waals surface area contributed by atoms with Gasteiger partial charge in [0, 0.05) is 66.0 Å². The first-order valence-corrected chi connectivity index (χ1v) is 8.51. The molecule has 0 bridgehead atoms. The number of hydrogen-bond acceptors (Lipinski definition) is 6. The molecule has 0 aliphatic carbocycles. The number of aromatic nitrogens is 2. The van der Waals surface area contributed by atoms with Gasteiger partial charge in [-0.15, -0.1) is 0 Å². The highest BCUT2D eigenvalue weighted by molar-refractivity contribution is 5.53. The zero-order valence-electron chi connectivity index (χ0n) is 14.4. The molecule has 0 fully saturated rings. The van der Waals surface area contributed by atoms with Crippen LogP contribution in [0.1, 0.15) is 16.8 Å². The van der Waals surface area contributed by atoms with E-state index in [9.17, 15) is 4.79 Å². The average Bonchev–Trinajstić information content (AvgIpc) is 3.11. The summed E-state index contributed by atoms with van der Waals surface area (Å²) in [5.41, 5.74) is 20.6. The first kappa shape index (κ1) is 16.9. The lowest BCUT2D eigenvalue weighted by atomic mass is 10.0. The van der Waals surface area contributed by atoms with Crippen molar-refractivity contribution >= 4 is 17.3 Å². The molecule has 136 valence electrons. The summed E-state index contributed by atoms with van der Waals surface area (Å²) in [6, 6.07) is 5.04. The normalized spacial score (nSPS) is 15.1. The number of azide groups is 2. The van der Waals surface area contributed by atoms with Crippen molar-refractivity contribution < 1.29 is 0 Å². The van der Waals surface area contributed by atoms with E-state index in [0.717, 1.165) is 42.9 Å². The molecular weight excluding hydrogens is 348 g/mol. The molecule has 11 heteroatoms.